The molecule has 7 rings (SSSR count). The van der Waals surface area contributed by atoms with Gasteiger partial charge in [0.1, 0.15) is 0 Å². The lowest BCUT2D eigenvalue weighted by Gasteiger charge is -2.34. The molecule has 1 heterocycles. The molecule has 0 bridgehead atoms. The van der Waals surface area contributed by atoms with Crippen LogP contribution < -0.4 is 4.90 Å². The molecule has 1 nitrogen and oxygen atoms in total. The zero-order valence-electron chi connectivity index (χ0n) is 26.2. The van der Waals surface area contributed by atoms with Crippen molar-refractivity contribution in [2.45, 2.75) is 59.3 Å². The number of hydrogen-bond donors (Lipinski definition) is 0. The molecule has 3 aromatic rings. The summed E-state index contributed by atoms with van der Waals surface area (Å²) in [7, 11) is 0. The standard InChI is InChI=1S/C42H41N/c1-27-21-24-40(43-25-12-11-14-28(2)32-15-8-10-20-39(32)43)41(29(27)3)34-18-13-17-33(30(34)4)31-22-23-36-35-16-7-9-19-37(35)42(5,6)38(36)26-31/h8-15,17-20,22-27H,2,7,16,21H2,1,3-6H3/b14-11-,25-12-. The van der Waals surface area contributed by atoms with Crippen LogP contribution in [0.1, 0.15) is 74.8 Å². The van der Waals surface area contributed by atoms with E-state index in [1.807, 2.05) is 0 Å². The van der Waals surface area contributed by atoms with E-state index < -0.39 is 0 Å². The molecule has 0 saturated carbocycles. The van der Waals surface area contributed by atoms with E-state index >= 15 is 0 Å². The number of nitrogens with zero attached hydrogens (tertiary/aromatic N) is 1. The van der Waals surface area contributed by atoms with E-state index in [4.69, 9.17) is 0 Å². The second-order valence-corrected chi connectivity index (χ2v) is 13.1. The van der Waals surface area contributed by atoms with Crippen molar-refractivity contribution >= 4 is 22.4 Å². The van der Waals surface area contributed by atoms with Gasteiger partial charge in [0.25, 0.3) is 0 Å². The first-order valence-corrected chi connectivity index (χ1v) is 15.8. The van der Waals surface area contributed by atoms with Gasteiger partial charge >= 0.3 is 0 Å². The quantitative estimate of drug-likeness (QED) is 0.308. The van der Waals surface area contributed by atoms with Crippen LogP contribution in [0, 0.1) is 12.8 Å². The molecule has 0 amide bonds. The van der Waals surface area contributed by atoms with Crippen LogP contribution in [0.5, 0.6) is 0 Å². The van der Waals surface area contributed by atoms with Crippen LogP contribution in [0.4, 0.5) is 5.69 Å². The Labute approximate surface area is 257 Å². The molecule has 0 spiro atoms. The van der Waals surface area contributed by atoms with E-state index in [1.54, 1.807) is 5.57 Å². The van der Waals surface area contributed by atoms with Crippen molar-refractivity contribution in [2.24, 2.45) is 5.92 Å². The Balaban J connectivity index is 1.35. The molecule has 0 N–H and O–H groups in total. The van der Waals surface area contributed by atoms with E-state index in [0.29, 0.717) is 5.92 Å². The smallest absolute Gasteiger partial charge is 0.0533 e. The maximum absolute atomic E-state index is 4.37. The highest BCUT2D eigenvalue weighted by Crippen LogP contribution is 2.51. The molecule has 4 aliphatic rings. The predicted molar refractivity (Wildman–Crippen MR) is 186 cm³/mol. The van der Waals surface area contributed by atoms with E-state index in [2.05, 4.69) is 149 Å². The SMILES string of the molecule is C=C1/C=C\C=C/N(C2=CCC(C)C(C)=C2c2cccc(-c3ccc4c(c3)C(C)(C)C3=C4CCC=C3)c2C)c2ccccc21. The van der Waals surface area contributed by atoms with Crippen LogP contribution in [0.25, 0.3) is 27.8 Å². The number of para-hydroxylation sites is 1. The van der Waals surface area contributed by atoms with Gasteiger partial charge in [-0.15, -0.1) is 0 Å². The van der Waals surface area contributed by atoms with E-state index in [9.17, 15) is 0 Å². The Kier molecular flexibility index (Phi) is 6.66. The summed E-state index contributed by atoms with van der Waals surface area (Å²) >= 11 is 0. The third-order valence-corrected chi connectivity index (χ3v) is 10.2. The zero-order chi connectivity index (χ0) is 29.9. The minimum absolute atomic E-state index is 0.0284. The molecule has 0 fully saturated rings. The van der Waals surface area contributed by atoms with Crippen LogP contribution in [-0.4, -0.2) is 0 Å². The summed E-state index contributed by atoms with van der Waals surface area (Å²) in [5.41, 5.74) is 18.7. The number of rotatable bonds is 3. The Morgan fingerprint density at radius 1 is 0.860 bits per heavy atom. The molecule has 1 heteroatoms. The van der Waals surface area contributed by atoms with E-state index in [0.717, 1.165) is 30.4 Å². The Bertz CT molecular complexity index is 1860. The van der Waals surface area contributed by atoms with E-state index in [1.165, 1.54) is 61.5 Å². The van der Waals surface area contributed by atoms with Gasteiger partial charge < -0.3 is 4.90 Å². The molecular formula is C42H41N. The number of anilines is 1. The summed E-state index contributed by atoms with van der Waals surface area (Å²) in [5.74, 6) is 0.483. The summed E-state index contributed by atoms with van der Waals surface area (Å²) in [4.78, 5) is 2.38. The van der Waals surface area contributed by atoms with Crippen molar-refractivity contribution in [3.05, 3.63) is 155 Å². The summed E-state index contributed by atoms with van der Waals surface area (Å²) < 4.78 is 0. The topological polar surface area (TPSA) is 3.24 Å². The molecule has 3 aromatic carbocycles. The number of allylic oxidation sites excluding steroid dienone is 11. The van der Waals surface area contributed by atoms with Crippen molar-refractivity contribution in [3.8, 4) is 11.1 Å². The lowest BCUT2D eigenvalue weighted by atomic mass is 9.78. The van der Waals surface area contributed by atoms with Crippen molar-refractivity contribution in [1.82, 2.24) is 0 Å². The van der Waals surface area contributed by atoms with Crippen LogP contribution in [0.2, 0.25) is 0 Å². The minimum Gasteiger partial charge on any atom is -0.316 e. The Hall–Kier alpha value is -4.36. The monoisotopic (exact) mass is 559 g/mol. The molecule has 1 atom stereocenters. The van der Waals surface area contributed by atoms with Gasteiger partial charge in [0.05, 0.1) is 5.69 Å². The van der Waals surface area contributed by atoms with Crippen molar-refractivity contribution in [3.63, 3.8) is 0 Å². The fraction of sp³-hybridized carbons (Fsp3) is 0.238. The van der Waals surface area contributed by atoms with Gasteiger partial charge in [-0.25, -0.2) is 0 Å². The highest BCUT2D eigenvalue weighted by atomic mass is 15.1. The normalized spacial score (nSPS) is 22.0. The predicted octanol–water partition coefficient (Wildman–Crippen LogP) is 11.4. The summed E-state index contributed by atoms with van der Waals surface area (Å²) in [6.07, 6.45) is 19.0. The summed E-state index contributed by atoms with van der Waals surface area (Å²) in [6, 6.07) is 22.7. The fourth-order valence-corrected chi connectivity index (χ4v) is 7.61. The van der Waals surface area contributed by atoms with Gasteiger partial charge in [-0.1, -0.05) is 112 Å². The largest absolute Gasteiger partial charge is 0.316 e. The Morgan fingerprint density at radius 3 is 2.51 bits per heavy atom. The van der Waals surface area contributed by atoms with Crippen molar-refractivity contribution in [2.75, 3.05) is 4.90 Å². The van der Waals surface area contributed by atoms with Crippen LogP contribution >= 0.6 is 0 Å². The van der Waals surface area contributed by atoms with Crippen LogP contribution in [0.3, 0.4) is 0 Å². The number of benzene rings is 3. The molecule has 1 aliphatic heterocycles. The van der Waals surface area contributed by atoms with Crippen LogP contribution in [-0.2, 0) is 5.41 Å². The second-order valence-electron chi connectivity index (χ2n) is 13.1. The summed E-state index contributed by atoms with van der Waals surface area (Å²) in [6.45, 7) is 16.2. The average molecular weight is 560 g/mol. The highest BCUT2D eigenvalue weighted by Gasteiger charge is 2.37. The fourth-order valence-electron chi connectivity index (χ4n) is 7.61. The molecule has 43 heavy (non-hydrogen) atoms. The first-order chi connectivity index (χ1) is 20.8. The van der Waals surface area contributed by atoms with Gasteiger partial charge in [-0.05, 0) is 107 Å². The van der Waals surface area contributed by atoms with Gasteiger partial charge in [-0.2, -0.15) is 0 Å². The first kappa shape index (κ1) is 27.5. The lowest BCUT2D eigenvalue weighted by Crippen LogP contribution is -2.22. The number of fused-ring (bicyclic) bond motifs is 3. The molecule has 1 unspecified atom stereocenters. The van der Waals surface area contributed by atoms with E-state index in [-0.39, 0.29) is 5.41 Å². The average Bonchev–Trinajstić information content (AvgIpc) is 3.24. The van der Waals surface area contributed by atoms with Gasteiger partial charge in [0, 0.05) is 28.4 Å². The molecule has 0 saturated heterocycles. The summed E-state index contributed by atoms with van der Waals surface area (Å²) in [5, 5.41) is 0. The van der Waals surface area contributed by atoms with Gasteiger partial charge in [0.15, 0.2) is 0 Å². The highest BCUT2D eigenvalue weighted by molar-refractivity contribution is 5.93. The first-order valence-electron chi connectivity index (χ1n) is 15.8. The second kappa shape index (κ2) is 10.4. The maximum atomic E-state index is 4.37. The third-order valence-electron chi connectivity index (χ3n) is 10.2. The third kappa shape index (κ3) is 4.37. The van der Waals surface area contributed by atoms with Crippen molar-refractivity contribution < 1.29 is 0 Å². The lowest BCUT2D eigenvalue weighted by molar-refractivity contribution is 0.651. The molecule has 0 radical (unpaired) electrons. The maximum Gasteiger partial charge on any atom is 0.0533 e. The number of hydrogen-bond acceptors (Lipinski definition) is 1. The molecule has 3 aliphatic carbocycles. The molecular weight excluding hydrogens is 518 g/mol. The molecule has 214 valence electrons. The zero-order valence-corrected chi connectivity index (χ0v) is 26.2. The molecule has 0 aromatic heterocycles. The Morgan fingerprint density at radius 2 is 1.65 bits per heavy atom. The van der Waals surface area contributed by atoms with Gasteiger partial charge in [0.2, 0.25) is 0 Å². The minimum atomic E-state index is 0.0284. The van der Waals surface area contributed by atoms with Crippen LogP contribution in [0.15, 0.2) is 127 Å². The van der Waals surface area contributed by atoms with Gasteiger partial charge in [-0.3, -0.25) is 0 Å². The van der Waals surface area contributed by atoms with Crippen molar-refractivity contribution in [1.29, 1.82) is 0 Å².